The van der Waals surface area contributed by atoms with E-state index in [9.17, 15) is 4.91 Å². The molecule has 0 aliphatic carbocycles. The largest absolute Gasteiger partial charge is 0.150 e. The second-order valence-electron chi connectivity index (χ2n) is 3.04. The Balaban J connectivity index is 2.56. The lowest BCUT2D eigenvalue weighted by molar-refractivity contribution is 1.06. The molecule has 0 amide bonds. The molecule has 0 saturated carbocycles. The first-order valence-electron chi connectivity index (χ1n) is 4.07. The van der Waals surface area contributed by atoms with Gasteiger partial charge in [-0.05, 0) is 34.9 Å². The molecule has 1 heterocycles. The fraction of sp³-hybridized carbons (Fsp3) is 0.200. The molecule has 66 valence electrons. The van der Waals surface area contributed by atoms with E-state index in [1.807, 2.05) is 12.1 Å². The molecular formula is C10H9NOS. The van der Waals surface area contributed by atoms with Crippen LogP contribution in [0.1, 0.15) is 11.1 Å². The fourth-order valence-corrected chi connectivity index (χ4v) is 2.38. The molecule has 0 bridgehead atoms. The molecule has 0 aliphatic rings. The van der Waals surface area contributed by atoms with Crippen molar-refractivity contribution < 1.29 is 0 Å². The Bertz CT molecular complexity index is 447. The molecule has 1 aromatic carbocycles. The summed E-state index contributed by atoms with van der Waals surface area (Å²) in [5.41, 5.74) is 2.29. The average Bonchev–Trinajstić information content (AvgIpc) is 2.48. The zero-order valence-electron chi connectivity index (χ0n) is 7.28. The van der Waals surface area contributed by atoms with E-state index in [1.54, 1.807) is 11.3 Å². The van der Waals surface area contributed by atoms with Crippen molar-refractivity contribution in [2.24, 2.45) is 5.18 Å². The third kappa shape index (κ3) is 1.47. The Hall–Kier alpha value is -1.22. The van der Waals surface area contributed by atoms with Crippen LogP contribution in [-0.2, 0) is 6.54 Å². The lowest BCUT2D eigenvalue weighted by Gasteiger charge is -1.95. The molecule has 0 fully saturated rings. The van der Waals surface area contributed by atoms with Gasteiger partial charge in [0.05, 0.1) is 0 Å². The third-order valence-electron chi connectivity index (χ3n) is 2.08. The second kappa shape index (κ2) is 3.26. The number of nitroso groups, excluding NO2 is 1. The lowest BCUT2D eigenvalue weighted by atomic mass is 10.1. The Morgan fingerprint density at radius 2 is 2.31 bits per heavy atom. The zero-order valence-corrected chi connectivity index (χ0v) is 8.10. The van der Waals surface area contributed by atoms with Crippen LogP contribution < -0.4 is 0 Å². The first-order chi connectivity index (χ1) is 6.31. The van der Waals surface area contributed by atoms with Gasteiger partial charge < -0.3 is 0 Å². The molecule has 2 rings (SSSR count). The summed E-state index contributed by atoms with van der Waals surface area (Å²) in [4.78, 5) is 10.1. The molecule has 13 heavy (non-hydrogen) atoms. The molecule has 0 saturated heterocycles. The smallest absolute Gasteiger partial charge is 0.106 e. The number of rotatable bonds is 2. The summed E-state index contributed by atoms with van der Waals surface area (Å²) in [5, 5.41) is 6.28. The summed E-state index contributed by atoms with van der Waals surface area (Å²) in [5.74, 6) is 0. The average molecular weight is 191 g/mol. The van der Waals surface area contributed by atoms with Crippen LogP contribution in [-0.4, -0.2) is 0 Å². The van der Waals surface area contributed by atoms with Gasteiger partial charge in [0.25, 0.3) is 0 Å². The summed E-state index contributed by atoms with van der Waals surface area (Å²) < 4.78 is 1.23. The van der Waals surface area contributed by atoms with Crippen LogP contribution in [0.4, 0.5) is 0 Å². The highest BCUT2D eigenvalue weighted by Crippen LogP contribution is 2.26. The van der Waals surface area contributed by atoms with E-state index in [0.29, 0.717) is 0 Å². The van der Waals surface area contributed by atoms with Crippen LogP contribution >= 0.6 is 11.3 Å². The van der Waals surface area contributed by atoms with Crippen LogP contribution in [0.5, 0.6) is 0 Å². The number of hydrogen-bond acceptors (Lipinski definition) is 3. The van der Waals surface area contributed by atoms with E-state index >= 15 is 0 Å². The van der Waals surface area contributed by atoms with E-state index in [0.717, 1.165) is 5.56 Å². The number of nitrogens with zero attached hydrogens (tertiary/aromatic N) is 1. The molecule has 0 unspecified atom stereocenters. The van der Waals surface area contributed by atoms with Gasteiger partial charge in [-0.2, -0.15) is 4.91 Å². The quantitative estimate of drug-likeness (QED) is 0.668. The summed E-state index contributed by atoms with van der Waals surface area (Å²) >= 11 is 1.71. The van der Waals surface area contributed by atoms with Crippen molar-refractivity contribution in [3.63, 3.8) is 0 Å². The Labute approximate surface area is 80.2 Å². The molecule has 2 nitrogen and oxygen atoms in total. The predicted molar refractivity (Wildman–Crippen MR) is 56.1 cm³/mol. The number of thiophene rings is 1. The van der Waals surface area contributed by atoms with Crippen molar-refractivity contribution in [3.8, 4) is 0 Å². The number of benzene rings is 1. The van der Waals surface area contributed by atoms with Gasteiger partial charge in [-0.1, -0.05) is 17.3 Å². The van der Waals surface area contributed by atoms with Gasteiger partial charge in [0.2, 0.25) is 0 Å². The molecule has 0 aliphatic heterocycles. The van der Waals surface area contributed by atoms with Crippen molar-refractivity contribution in [1.82, 2.24) is 0 Å². The van der Waals surface area contributed by atoms with Crippen LogP contribution in [0, 0.1) is 11.8 Å². The predicted octanol–water partition coefficient (Wildman–Crippen LogP) is 3.48. The SMILES string of the molecule is Cc1csc2cc(CN=O)ccc12. The number of aryl methyl sites for hydroxylation is 1. The number of hydrogen-bond donors (Lipinski definition) is 0. The van der Waals surface area contributed by atoms with E-state index in [-0.39, 0.29) is 6.54 Å². The minimum atomic E-state index is 0.271. The minimum absolute atomic E-state index is 0.271. The van der Waals surface area contributed by atoms with Gasteiger partial charge >= 0.3 is 0 Å². The van der Waals surface area contributed by atoms with Gasteiger partial charge in [-0.25, -0.2) is 0 Å². The molecule has 0 radical (unpaired) electrons. The van der Waals surface area contributed by atoms with Crippen molar-refractivity contribution in [2.75, 3.05) is 0 Å². The van der Waals surface area contributed by atoms with Gasteiger partial charge in [-0.3, -0.25) is 0 Å². The monoisotopic (exact) mass is 191 g/mol. The fourth-order valence-electron chi connectivity index (χ4n) is 1.38. The van der Waals surface area contributed by atoms with Crippen molar-refractivity contribution in [3.05, 3.63) is 39.6 Å². The lowest BCUT2D eigenvalue weighted by Crippen LogP contribution is -1.78. The molecule has 1 aromatic heterocycles. The van der Waals surface area contributed by atoms with Crippen molar-refractivity contribution >= 4 is 21.4 Å². The third-order valence-corrected chi connectivity index (χ3v) is 3.14. The maximum Gasteiger partial charge on any atom is 0.106 e. The molecule has 2 aromatic rings. The van der Waals surface area contributed by atoms with Crippen molar-refractivity contribution in [1.29, 1.82) is 0 Å². The van der Waals surface area contributed by atoms with Gasteiger partial charge in [0.1, 0.15) is 6.54 Å². The first-order valence-corrected chi connectivity index (χ1v) is 4.95. The summed E-state index contributed by atoms with van der Waals surface area (Å²) in [6.45, 7) is 2.36. The van der Waals surface area contributed by atoms with E-state index in [1.165, 1.54) is 15.6 Å². The highest BCUT2D eigenvalue weighted by molar-refractivity contribution is 7.17. The highest BCUT2D eigenvalue weighted by Gasteiger charge is 2.00. The van der Waals surface area contributed by atoms with Crippen LogP contribution in [0.15, 0.2) is 28.8 Å². The molecule has 0 atom stereocenters. The normalized spacial score (nSPS) is 10.5. The molecule has 0 spiro atoms. The maximum absolute atomic E-state index is 10.1. The molecule has 0 N–H and O–H groups in total. The summed E-state index contributed by atoms with van der Waals surface area (Å²) in [6, 6.07) is 6.06. The van der Waals surface area contributed by atoms with Gasteiger partial charge in [0.15, 0.2) is 0 Å². The Morgan fingerprint density at radius 1 is 1.46 bits per heavy atom. The van der Waals surface area contributed by atoms with E-state index in [4.69, 9.17) is 0 Å². The van der Waals surface area contributed by atoms with Crippen LogP contribution in [0.2, 0.25) is 0 Å². The Morgan fingerprint density at radius 3 is 3.08 bits per heavy atom. The highest BCUT2D eigenvalue weighted by atomic mass is 32.1. The summed E-state index contributed by atoms with van der Waals surface area (Å²) in [7, 11) is 0. The van der Waals surface area contributed by atoms with Gasteiger partial charge in [-0.15, -0.1) is 11.3 Å². The number of fused-ring (bicyclic) bond motifs is 1. The summed E-state index contributed by atoms with van der Waals surface area (Å²) in [6.07, 6.45) is 0. The first kappa shape index (κ1) is 8.38. The maximum atomic E-state index is 10.1. The van der Waals surface area contributed by atoms with E-state index in [2.05, 4.69) is 23.5 Å². The van der Waals surface area contributed by atoms with Crippen molar-refractivity contribution in [2.45, 2.75) is 13.5 Å². The molecular weight excluding hydrogens is 182 g/mol. The minimum Gasteiger partial charge on any atom is -0.150 e. The van der Waals surface area contributed by atoms with E-state index < -0.39 is 0 Å². The zero-order chi connectivity index (χ0) is 9.26. The Kier molecular flexibility index (Phi) is 2.10. The second-order valence-corrected chi connectivity index (χ2v) is 3.95. The van der Waals surface area contributed by atoms with Gasteiger partial charge in [0, 0.05) is 4.70 Å². The molecule has 3 heteroatoms. The van der Waals surface area contributed by atoms with Crippen LogP contribution in [0.25, 0.3) is 10.1 Å². The standard InChI is InChI=1S/C10H9NOS/c1-7-6-13-10-4-8(5-11-12)2-3-9(7)10/h2-4,6H,5H2,1H3. The topological polar surface area (TPSA) is 29.4 Å². The van der Waals surface area contributed by atoms with Crippen LogP contribution in [0.3, 0.4) is 0 Å².